The number of allylic oxidation sites excluding steroid dienone is 1. The summed E-state index contributed by atoms with van der Waals surface area (Å²) >= 11 is 1.09. The Bertz CT molecular complexity index is 649. The Morgan fingerprint density at radius 2 is 2.30 bits per heavy atom. The number of ketones is 1. The molecule has 0 unspecified atom stereocenters. The summed E-state index contributed by atoms with van der Waals surface area (Å²) < 4.78 is 35.6. The smallest absolute Gasteiger partial charge is 0.282 e. The largest absolute Gasteiger partial charge is 0.480 e. The van der Waals surface area contributed by atoms with Crippen molar-refractivity contribution < 1.29 is 18.3 Å². The summed E-state index contributed by atoms with van der Waals surface area (Å²) in [6.07, 6.45) is 1.25. The molecule has 2 rings (SSSR count). The number of carbonyl (C=O) groups is 1. The minimum Gasteiger partial charge on any atom is -0.480 e. The lowest BCUT2D eigenvalue weighted by Gasteiger charge is -1.97. The maximum absolute atomic E-state index is 12.7. The van der Waals surface area contributed by atoms with E-state index in [4.69, 9.17) is 4.74 Å². The number of methoxy groups -OCH3 is 1. The van der Waals surface area contributed by atoms with Crippen molar-refractivity contribution in [3.63, 3.8) is 0 Å². The average Bonchev–Trinajstić information content (AvgIpc) is 3.01. The minimum absolute atomic E-state index is 0.206. The quantitative estimate of drug-likeness (QED) is 0.629. The molecule has 0 fully saturated rings. The summed E-state index contributed by atoms with van der Waals surface area (Å²) in [4.78, 5) is 11.9. The number of halogens is 2. The molecular formula is C12H11F2N3O2S. The van der Waals surface area contributed by atoms with Crippen LogP contribution in [0.5, 0.6) is 5.88 Å². The number of nitrogens with zero attached hydrogens (tertiary/aromatic N) is 3. The molecule has 8 heteroatoms. The zero-order valence-corrected chi connectivity index (χ0v) is 11.5. The maximum atomic E-state index is 12.7. The van der Waals surface area contributed by atoms with Gasteiger partial charge in [0.15, 0.2) is 5.78 Å². The molecule has 106 valence electrons. The molecule has 0 atom stereocenters. The molecule has 20 heavy (non-hydrogen) atoms. The molecule has 2 aromatic heterocycles. The Balaban J connectivity index is 2.23. The number of aromatic nitrogens is 3. The normalized spacial score (nSPS) is 11.4. The highest BCUT2D eigenvalue weighted by Crippen LogP contribution is 2.23. The summed E-state index contributed by atoms with van der Waals surface area (Å²) in [6, 6.07) is 0. The van der Waals surface area contributed by atoms with Crippen molar-refractivity contribution in [2.24, 2.45) is 7.05 Å². The molecule has 0 aliphatic rings. The highest BCUT2D eigenvalue weighted by Gasteiger charge is 2.17. The van der Waals surface area contributed by atoms with Crippen LogP contribution in [0.3, 0.4) is 0 Å². The molecule has 2 aromatic rings. The summed E-state index contributed by atoms with van der Waals surface area (Å²) in [7, 11) is 2.95. The lowest BCUT2D eigenvalue weighted by Crippen LogP contribution is -1.96. The van der Waals surface area contributed by atoms with Crippen LogP contribution in [0.4, 0.5) is 8.78 Å². The van der Waals surface area contributed by atoms with Crippen molar-refractivity contribution in [1.82, 2.24) is 14.2 Å². The molecule has 0 saturated heterocycles. The van der Waals surface area contributed by atoms with E-state index in [1.54, 1.807) is 5.38 Å². The van der Waals surface area contributed by atoms with Crippen LogP contribution in [-0.4, -0.2) is 27.0 Å². The van der Waals surface area contributed by atoms with Crippen molar-refractivity contribution in [1.29, 1.82) is 0 Å². The van der Waals surface area contributed by atoms with Crippen LogP contribution in [0.25, 0.3) is 6.08 Å². The van der Waals surface area contributed by atoms with Crippen LogP contribution < -0.4 is 4.74 Å². The van der Waals surface area contributed by atoms with Crippen LogP contribution in [0.1, 0.15) is 28.0 Å². The van der Waals surface area contributed by atoms with Gasteiger partial charge in [0.1, 0.15) is 5.69 Å². The van der Waals surface area contributed by atoms with Gasteiger partial charge in [-0.15, -0.1) is 0 Å². The molecular weight excluding hydrogens is 288 g/mol. The number of rotatable bonds is 5. The van der Waals surface area contributed by atoms with E-state index in [1.807, 2.05) is 0 Å². The number of carbonyl (C=O) groups excluding carboxylic acids is 1. The molecule has 0 bridgehead atoms. The minimum atomic E-state index is -2.69. The predicted octanol–water partition coefficient (Wildman–Crippen LogP) is 2.72. The first-order valence-corrected chi connectivity index (χ1v) is 6.39. The van der Waals surface area contributed by atoms with E-state index in [1.165, 1.54) is 37.2 Å². The molecule has 0 saturated carbocycles. The van der Waals surface area contributed by atoms with Crippen LogP contribution >= 0.6 is 11.5 Å². The third kappa shape index (κ3) is 2.90. The van der Waals surface area contributed by atoms with Crippen molar-refractivity contribution in [3.8, 4) is 5.88 Å². The van der Waals surface area contributed by atoms with E-state index >= 15 is 0 Å². The SMILES string of the molecule is COc1nscc1C(=O)C=Cc1cn(C)nc1C(F)F. The van der Waals surface area contributed by atoms with Gasteiger partial charge in [-0.2, -0.15) is 9.47 Å². The van der Waals surface area contributed by atoms with Gasteiger partial charge in [-0.3, -0.25) is 9.48 Å². The lowest BCUT2D eigenvalue weighted by atomic mass is 10.1. The summed E-state index contributed by atoms with van der Waals surface area (Å²) in [5.41, 5.74) is 0.154. The van der Waals surface area contributed by atoms with Gasteiger partial charge in [0.25, 0.3) is 6.43 Å². The second-order valence-corrected chi connectivity index (χ2v) is 4.51. The van der Waals surface area contributed by atoms with E-state index < -0.39 is 6.43 Å². The number of alkyl halides is 2. The van der Waals surface area contributed by atoms with Crippen molar-refractivity contribution in [2.75, 3.05) is 7.11 Å². The molecule has 5 nitrogen and oxygen atoms in total. The Morgan fingerprint density at radius 1 is 1.55 bits per heavy atom. The Kier molecular flexibility index (Phi) is 4.23. The maximum Gasteiger partial charge on any atom is 0.282 e. The number of aryl methyl sites for hydroxylation is 1. The topological polar surface area (TPSA) is 57.0 Å². The van der Waals surface area contributed by atoms with Crippen molar-refractivity contribution >= 4 is 23.4 Å². The standard InChI is InChI=1S/C12H11F2N3O2S/c1-17-5-7(10(15-17)11(13)14)3-4-9(18)8-6-20-16-12(8)19-2/h3-6,11H,1-2H3. The van der Waals surface area contributed by atoms with E-state index in [9.17, 15) is 13.6 Å². The van der Waals surface area contributed by atoms with E-state index in [0.717, 1.165) is 11.5 Å². The van der Waals surface area contributed by atoms with Crippen molar-refractivity contribution in [2.45, 2.75) is 6.43 Å². The first-order chi connectivity index (χ1) is 9.52. The second kappa shape index (κ2) is 5.91. The predicted molar refractivity (Wildman–Crippen MR) is 70.2 cm³/mol. The van der Waals surface area contributed by atoms with Crippen LogP contribution in [0.2, 0.25) is 0 Å². The molecule has 0 aromatic carbocycles. The number of hydrogen-bond acceptors (Lipinski definition) is 5. The van der Waals surface area contributed by atoms with Gasteiger partial charge >= 0.3 is 0 Å². The summed E-state index contributed by atoms with van der Waals surface area (Å²) in [6.45, 7) is 0. The molecule has 0 aliphatic heterocycles. The van der Waals surface area contributed by atoms with E-state index in [0.29, 0.717) is 5.56 Å². The highest BCUT2D eigenvalue weighted by molar-refractivity contribution is 7.04. The summed E-state index contributed by atoms with van der Waals surface area (Å²) in [5, 5.41) is 5.20. The molecule has 0 aliphatic carbocycles. The third-order valence-electron chi connectivity index (χ3n) is 2.50. The zero-order valence-electron chi connectivity index (χ0n) is 10.7. The molecule has 0 radical (unpaired) electrons. The Labute approximate surface area is 117 Å². The van der Waals surface area contributed by atoms with Gasteiger partial charge in [0.2, 0.25) is 5.88 Å². The van der Waals surface area contributed by atoms with Crippen LogP contribution in [0.15, 0.2) is 17.7 Å². The fourth-order valence-corrected chi connectivity index (χ4v) is 2.26. The van der Waals surface area contributed by atoms with Gasteiger partial charge in [0.05, 0.1) is 12.7 Å². The Morgan fingerprint density at radius 3 is 2.95 bits per heavy atom. The molecule has 0 N–H and O–H groups in total. The van der Waals surface area contributed by atoms with E-state index in [2.05, 4.69) is 9.47 Å². The highest BCUT2D eigenvalue weighted by atomic mass is 32.1. The number of hydrogen-bond donors (Lipinski definition) is 0. The first-order valence-electron chi connectivity index (χ1n) is 5.55. The van der Waals surface area contributed by atoms with Gasteiger partial charge in [-0.05, 0) is 23.7 Å². The first kappa shape index (κ1) is 14.3. The third-order valence-corrected chi connectivity index (χ3v) is 3.12. The zero-order chi connectivity index (χ0) is 14.7. The van der Waals surface area contributed by atoms with Gasteiger partial charge in [-0.25, -0.2) is 8.78 Å². The van der Waals surface area contributed by atoms with Gasteiger partial charge < -0.3 is 4.74 Å². The Hall–Kier alpha value is -2.09. The van der Waals surface area contributed by atoms with Gasteiger partial charge in [-0.1, -0.05) is 0 Å². The second-order valence-electron chi connectivity index (χ2n) is 3.88. The molecule has 2 heterocycles. The van der Waals surface area contributed by atoms with Crippen molar-refractivity contribution in [3.05, 3.63) is 34.5 Å². The molecule has 0 spiro atoms. The molecule has 0 amide bonds. The van der Waals surface area contributed by atoms with Crippen LogP contribution in [-0.2, 0) is 7.05 Å². The van der Waals surface area contributed by atoms with Gasteiger partial charge in [0, 0.05) is 24.2 Å². The average molecular weight is 299 g/mol. The summed E-state index contributed by atoms with van der Waals surface area (Å²) in [5.74, 6) is -0.135. The fourth-order valence-electron chi connectivity index (χ4n) is 1.61. The number of ether oxygens (including phenoxy) is 1. The van der Waals surface area contributed by atoms with Crippen LogP contribution in [0, 0.1) is 0 Å². The lowest BCUT2D eigenvalue weighted by molar-refractivity contribution is 0.104. The fraction of sp³-hybridized carbons (Fsp3) is 0.250. The van der Waals surface area contributed by atoms with E-state index in [-0.39, 0.29) is 22.9 Å². The monoisotopic (exact) mass is 299 g/mol.